The van der Waals surface area contributed by atoms with Crippen LogP contribution in [0.15, 0.2) is 12.1 Å². The lowest BCUT2D eigenvalue weighted by Gasteiger charge is -2.12. The molecule has 0 aromatic carbocycles. The van der Waals surface area contributed by atoms with Crippen molar-refractivity contribution in [2.24, 2.45) is 0 Å². The maximum atomic E-state index is 11.8. The van der Waals surface area contributed by atoms with Crippen LogP contribution >= 0.6 is 11.3 Å². The van der Waals surface area contributed by atoms with Gasteiger partial charge in [0.05, 0.1) is 18.9 Å². The first kappa shape index (κ1) is 16.1. The van der Waals surface area contributed by atoms with Gasteiger partial charge in [-0.1, -0.05) is 0 Å². The van der Waals surface area contributed by atoms with Gasteiger partial charge in [-0.05, 0) is 32.4 Å². The van der Waals surface area contributed by atoms with Crippen LogP contribution in [0, 0.1) is 6.92 Å². The van der Waals surface area contributed by atoms with Crippen LogP contribution in [0.4, 0.5) is 0 Å². The number of rotatable bonds is 7. The molecule has 0 fully saturated rings. The van der Waals surface area contributed by atoms with Crippen molar-refractivity contribution in [1.29, 1.82) is 0 Å². The Hall–Kier alpha value is -0.920. The molecule has 1 heterocycles. The highest BCUT2D eigenvalue weighted by Gasteiger charge is 2.17. The van der Waals surface area contributed by atoms with Crippen molar-refractivity contribution >= 4 is 27.3 Å². The van der Waals surface area contributed by atoms with Crippen LogP contribution in [-0.4, -0.2) is 27.2 Å². The van der Waals surface area contributed by atoms with Crippen LogP contribution in [0.25, 0.3) is 0 Å². The SMILES string of the molecule is COC(=O)CCCS(=O)(=O)NC(C)c1ccc(C)s1. The number of carbonyl (C=O) groups excluding carboxylic acids is 1. The first-order valence-electron chi connectivity index (χ1n) is 5.97. The Morgan fingerprint density at radius 3 is 2.68 bits per heavy atom. The van der Waals surface area contributed by atoms with Gasteiger partial charge in [0.1, 0.15) is 0 Å². The first-order chi connectivity index (χ1) is 8.84. The summed E-state index contributed by atoms with van der Waals surface area (Å²) in [6, 6.07) is 3.63. The molecule has 0 radical (unpaired) electrons. The molecule has 0 aliphatic carbocycles. The van der Waals surface area contributed by atoms with Crippen LogP contribution in [0.2, 0.25) is 0 Å². The van der Waals surface area contributed by atoms with E-state index >= 15 is 0 Å². The molecule has 7 heteroatoms. The van der Waals surface area contributed by atoms with Gasteiger partial charge in [0.25, 0.3) is 0 Å². The quantitative estimate of drug-likeness (QED) is 0.782. The summed E-state index contributed by atoms with van der Waals surface area (Å²) in [6.45, 7) is 3.79. The number of ether oxygens (including phenoxy) is 1. The maximum absolute atomic E-state index is 11.8. The first-order valence-corrected chi connectivity index (χ1v) is 8.44. The summed E-state index contributed by atoms with van der Waals surface area (Å²) in [5.41, 5.74) is 0. The van der Waals surface area contributed by atoms with E-state index in [0.29, 0.717) is 0 Å². The molecule has 0 amide bonds. The van der Waals surface area contributed by atoms with Crippen LogP contribution in [0.1, 0.15) is 35.6 Å². The second kappa shape index (κ2) is 7.02. The highest BCUT2D eigenvalue weighted by molar-refractivity contribution is 7.89. The lowest BCUT2D eigenvalue weighted by atomic mass is 10.3. The zero-order valence-electron chi connectivity index (χ0n) is 11.3. The fourth-order valence-corrected chi connectivity index (χ4v) is 3.84. The molecule has 0 spiro atoms. The molecule has 1 N–H and O–H groups in total. The van der Waals surface area contributed by atoms with Gasteiger partial charge >= 0.3 is 5.97 Å². The average Bonchev–Trinajstić information content (AvgIpc) is 2.75. The Kier molecular flexibility index (Phi) is 5.96. The summed E-state index contributed by atoms with van der Waals surface area (Å²) in [5, 5.41) is 0. The molecule has 1 unspecified atom stereocenters. The van der Waals surface area contributed by atoms with Crippen molar-refractivity contribution in [2.75, 3.05) is 12.9 Å². The zero-order chi connectivity index (χ0) is 14.5. The van der Waals surface area contributed by atoms with E-state index in [2.05, 4.69) is 9.46 Å². The summed E-state index contributed by atoms with van der Waals surface area (Å²) in [5.74, 6) is -0.464. The summed E-state index contributed by atoms with van der Waals surface area (Å²) in [6.07, 6.45) is 0.377. The number of thiophene rings is 1. The third kappa shape index (κ3) is 5.71. The number of aryl methyl sites for hydroxylation is 1. The Bertz CT molecular complexity index is 522. The van der Waals surface area contributed by atoms with Gasteiger partial charge in [-0.2, -0.15) is 0 Å². The molecule has 0 bridgehead atoms. The predicted molar refractivity (Wildman–Crippen MR) is 75.6 cm³/mol. The zero-order valence-corrected chi connectivity index (χ0v) is 12.9. The van der Waals surface area contributed by atoms with E-state index in [1.165, 1.54) is 7.11 Å². The van der Waals surface area contributed by atoms with Gasteiger partial charge in [0.2, 0.25) is 10.0 Å². The summed E-state index contributed by atoms with van der Waals surface area (Å²) in [4.78, 5) is 13.0. The molecule has 19 heavy (non-hydrogen) atoms. The van der Waals surface area contributed by atoms with Crippen molar-refractivity contribution in [1.82, 2.24) is 4.72 Å². The van der Waals surface area contributed by atoms with Crippen molar-refractivity contribution in [2.45, 2.75) is 32.7 Å². The van der Waals surface area contributed by atoms with Gasteiger partial charge in [-0.15, -0.1) is 11.3 Å². The molecule has 1 atom stereocenters. The number of carbonyl (C=O) groups is 1. The van der Waals surface area contributed by atoms with Gasteiger partial charge in [-0.25, -0.2) is 13.1 Å². The lowest BCUT2D eigenvalue weighted by Crippen LogP contribution is -2.29. The predicted octanol–water partition coefficient (Wildman–Crippen LogP) is 1.99. The molecule has 0 saturated heterocycles. The molecule has 0 aliphatic rings. The molecule has 1 rings (SSSR count). The molecule has 5 nitrogen and oxygen atoms in total. The van der Waals surface area contributed by atoms with E-state index in [9.17, 15) is 13.2 Å². The topological polar surface area (TPSA) is 72.5 Å². The van der Waals surface area contributed by atoms with E-state index in [4.69, 9.17) is 0 Å². The maximum Gasteiger partial charge on any atom is 0.305 e. The van der Waals surface area contributed by atoms with Crippen molar-refractivity contribution in [3.63, 3.8) is 0 Å². The number of hydrogen-bond donors (Lipinski definition) is 1. The molecular formula is C12H19NO4S2. The Morgan fingerprint density at radius 2 is 2.16 bits per heavy atom. The van der Waals surface area contributed by atoms with Crippen molar-refractivity contribution in [3.8, 4) is 0 Å². The van der Waals surface area contributed by atoms with E-state index in [-0.39, 0.29) is 24.6 Å². The minimum Gasteiger partial charge on any atom is -0.469 e. The smallest absolute Gasteiger partial charge is 0.305 e. The van der Waals surface area contributed by atoms with Gasteiger partial charge < -0.3 is 4.74 Å². The van der Waals surface area contributed by atoms with Crippen LogP contribution in [0.3, 0.4) is 0 Å². The number of methoxy groups -OCH3 is 1. The molecule has 108 valence electrons. The number of nitrogens with one attached hydrogen (secondary N) is 1. The fraction of sp³-hybridized carbons (Fsp3) is 0.583. The molecule has 0 saturated carbocycles. The second-order valence-corrected chi connectivity index (χ2v) is 7.48. The van der Waals surface area contributed by atoms with Gasteiger partial charge in [0.15, 0.2) is 0 Å². The van der Waals surface area contributed by atoms with Gasteiger partial charge in [0, 0.05) is 16.2 Å². The summed E-state index contributed by atoms with van der Waals surface area (Å²) >= 11 is 1.57. The largest absolute Gasteiger partial charge is 0.469 e. The number of sulfonamides is 1. The Morgan fingerprint density at radius 1 is 1.47 bits per heavy atom. The highest BCUT2D eigenvalue weighted by atomic mass is 32.2. The lowest BCUT2D eigenvalue weighted by molar-refractivity contribution is -0.140. The molecule has 0 aliphatic heterocycles. The third-order valence-electron chi connectivity index (χ3n) is 2.57. The van der Waals surface area contributed by atoms with Gasteiger partial charge in [-0.3, -0.25) is 4.79 Å². The Labute approximate surface area is 118 Å². The summed E-state index contributed by atoms with van der Waals surface area (Å²) in [7, 11) is -2.09. The average molecular weight is 305 g/mol. The van der Waals surface area contributed by atoms with E-state index < -0.39 is 16.0 Å². The molecular weight excluding hydrogens is 286 g/mol. The molecule has 1 aromatic rings. The normalized spacial score (nSPS) is 13.2. The van der Waals surface area contributed by atoms with Crippen LogP contribution in [-0.2, 0) is 19.6 Å². The monoisotopic (exact) mass is 305 g/mol. The van der Waals surface area contributed by atoms with E-state index in [1.54, 1.807) is 11.3 Å². The van der Waals surface area contributed by atoms with E-state index in [1.807, 2.05) is 26.0 Å². The van der Waals surface area contributed by atoms with E-state index in [0.717, 1.165) is 9.75 Å². The van der Waals surface area contributed by atoms with Crippen molar-refractivity contribution < 1.29 is 17.9 Å². The summed E-state index contributed by atoms with van der Waals surface area (Å²) < 4.78 is 30.7. The molecule has 1 aromatic heterocycles. The number of esters is 1. The number of hydrogen-bond acceptors (Lipinski definition) is 5. The minimum atomic E-state index is -3.37. The van der Waals surface area contributed by atoms with Crippen molar-refractivity contribution in [3.05, 3.63) is 21.9 Å². The highest BCUT2D eigenvalue weighted by Crippen LogP contribution is 2.22. The van der Waals surface area contributed by atoms with Crippen LogP contribution < -0.4 is 4.72 Å². The second-order valence-electron chi connectivity index (χ2n) is 4.29. The Balaban J connectivity index is 2.48. The fourth-order valence-electron chi connectivity index (χ4n) is 1.58. The van der Waals surface area contributed by atoms with Crippen LogP contribution in [0.5, 0.6) is 0 Å². The third-order valence-corrected chi connectivity index (χ3v) is 5.29. The standard InChI is InChI=1S/C12H19NO4S2/c1-9-6-7-11(18-9)10(2)13-19(15,16)8-4-5-12(14)17-3/h6-7,10,13H,4-5,8H2,1-3H3. The minimum absolute atomic E-state index is 0.0726.